The summed E-state index contributed by atoms with van der Waals surface area (Å²) in [6, 6.07) is 9.33. The van der Waals surface area contributed by atoms with Crippen molar-refractivity contribution in [2.45, 2.75) is 37.7 Å². The van der Waals surface area contributed by atoms with Gasteiger partial charge < -0.3 is 29.5 Å². The Morgan fingerprint density at radius 1 is 0.977 bits per heavy atom. The molecule has 0 aliphatic carbocycles. The van der Waals surface area contributed by atoms with Crippen LogP contribution in [0.3, 0.4) is 0 Å². The number of nitrogens with one attached hydrogen (secondary N) is 1. The monoisotopic (exact) mass is 629 g/mol. The van der Waals surface area contributed by atoms with Gasteiger partial charge in [0.2, 0.25) is 0 Å². The molecule has 0 saturated heterocycles. The number of benzene rings is 2. The lowest BCUT2D eigenvalue weighted by Crippen LogP contribution is -2.54. The van der Waals surface area contributed by atoms with Crippen LogP contribution in [0.25, 0.3) is 0 Å². The number of nitrogens with zero attached hydrogens (tertiary/aromatic N) is 2. The minimum atomic E-state index is -6.61. The second-order valence-corrected chi connectivity index (χ2v) is 8.64. The van der Waals surface area contributed by atoms with Gasteiger partial charge in [0.25, 0.3) is 5.69 Å². The standard InChI is InChI=1S/C25H26F7N3O8/c1-2-41-20(21(36)37)15-16-3-9-19(10-4-16)42-13-11-34(12-14-43-25(31,32)23(26,27)24(28,29)30)22(38)33-17-5-7-18(8-6-17)35(39)40/h3-10,20H,2,11-15H2,1H3,(H,33,38)(H,36,37). The second kappa shape index (κ2) is 14.8. The highest BCUT2D eigenvalue weighted by atomic mass is 19.4. The van der Waals surface area contributed by atoms with Crippen LogP contribution < -0.4 is 10.1 Å². The fourth-order valence-electron chi connectivity index (χ4n) is 3.35. The van der Waals surface area contributed by atoms with Gasteiger partial charge in [0, 0.05) is 37.4 Å². The highest BCUT2D eigenvalue weighted by Crippen LogP contribution is 2.46. The van der Waals surface area contributed by atoms with Gasteiger partial charge in [-0.25, -0.2) is 9.59 Å². The lowest BCUT2D eigenvalue weighted by Gasteiger charge is -2.29. The average Bonchev–Trinajstić information content (AvgIpc) is 2.92. The molecule has 43 heavy (non-hydrogen) atoms. The number of aliphatic carboxylic acids is 1. The van der Waals surface area contributed by atoms with Crippen molar-refractivity contribution < 1.29 is 64.6 Å². The van der Waals surface area contributed by atoms with E-state index in [4.69, 9.17) is 9.47 Å². The summed E-state index contributed by atoms with van der Waals surface area (Å²) < 4.78 is 105. The molecule has 0 radical (unpaired) electrons. The summed E-state index contributed by atoms with van der Waals surface area (Å²) in [5.41, 5.74) is 0.289. The number of hydrogen-bond acceptors (Lipinski definition) is 7. The normalized spacial score (nSPS) is 12.8. The Labute approximate surface area is 239 Å². The predicted molar refractivity (Wildman–Crippen MR) is 134 cm³/mol. The molecule has 0 aliphatic rings. The minimum Gasteiger partial charge on any atom is -0.492 e. The van der Waals surface area contributed by atoms with Crippen LogP contribution in [0.15, 0.2) is 48.5 Å². The zero-order chi connectivity index (χ0) is 32.4. The summed E-state index contributed by atoms with van der Waals surface area (Å²) in [4.78, 5) is 34.8. The molecule has 238 valence electrons. The highest BCUT2D eigenvalue weighted by molar-refractivity contribution is 5.89. The van der Waals surface area contributed by atoms with Gasteiger partial charge in [-0.3, -0.25) is 10.1 Å². The molecule has 18 heteroatoms. The van der Waals surface area contributed by atoms with Crippen molar-refractivity contribution in [2.24, 2.45) is 0 Å². The number of rotatable bonds is 16. The molecule has 0 aliphatic heterocycles. The number of non-ortho nitro benzene ring substituents is 1. The molecule has 2 rings (SSSR count). The van der Waals surface area contributed by atoms with Gasteiger partial charge in [0.1, 0.15) is 12.4 Å². The van der Waals surface area contributed by atoms with Crippen LogP contribution in [0, 0.1) is 10.1 Å². The first-order chi connectivity index (χ1) is 20.0. The lowest BCUT2D eigenvalue weighted by atomic mass is 10.1. The van der Waals surface area contributed by atoms with Gasteiger partial charge in [0.15, 0.2) is 6.10 Å². The number of carboxylic acid groups (broad SMARTS) is 1. The molecule has 2 amide bonds. The van der Waals surface area contributed by atoms with Crippen molar-refractivity contribution in [3.05, 3.63) is 64.2 Å². The van der Waals surface area contributed by atoms with Gasteiger partial charge in [0.05, 0.1) is 18.1 Å². The molecule has 0 heterocycles. The number of nitro benzene ring substituents is 1. The smallest absolute Gasteiger partial charge is 0.462 e. The number of carbonyl (C=O) groups excluding carboxylic acids is 1. The average molecular weight is 629 g/mol. The van der Waals surface area contributed by atoms with E-state index in [-0.39, 0.29) is 36.8 Å². The fraction of sp³-hybridized carbons (Fsp3) is 0.440. The molecule has 11 nitrogen and oxygen atoms in total. The van der Waals surface area contributed by atoms with E-state index < -0.39 is 60.9 Å². The van der Waals surface area contributed by atoms with E-state index in [0.29, 0.717) is 5.56 Å². The third-order valence-corrected chi connectivity index (χ3v) is 5.60. The Hall–Kier alpha value is -4.19. The summed E-state index contributed by atoms with van der Waals surface area (Å²) in [6.45, 7) is -1.24. The van der Waals surface area contributed by atoms with Crippen molar-refractivity contribution in [3.8, 4) is 5.75 Å². The Morgan fingerprint density at radius 3 is 2.07 bits per heavy atom. The number of hydrogen-bond donors (Lipinski definition) is 2. The topological polar surface area (TPSA) is 140 Å². The maximum atomic E-state index is 13.5. The fourth-order valence-corrected chi connectivity index (χ4v) is 3.35. The molecule has 0 aromatic heterocycles. The van der Waals surface area contributed by atoms with E-state index in [0.717, 1.165) is 29.2 Å². The molecule has 2 aromatic rings. The number of nitro groups is 1. The van der Waals surface area contributed by atoms with E-state index in [2.05, 4.69) is 10.1 Å². The first kappa shape index (κ1) is 35.0. The number of alkyl halides is 7. The summed E-state index contributed by atoms with van der Waals surface area (Å²) in [5, 5.41) is 22.3. The van der Waals surface area contributed by atoms with E-state index in [1.807, 2.05) is 0 Å². The third-order valence-electron chi connectivity index (χ3n) is 5.60. The predicted octanol–water partition coefficient (Wildman–Crippen LogP) is 5.35. The van der Waals surface area contributed by atoms with E-state index in [9.17, 15) is 55.5 Å². The molecule has 0 fully saturated rings. The number of urea groups is 1. The highest BCUT2D eigenvalue weighted by Gasteiger charge is 2.74. The number of ether oxygens (including phenoxy) is 3. The molecule has 0 saturated carbocycles. The number of carboxylic acids is 1. The van der Waals surface area contributed by atoms with Gasteiger partial charge in [-0.15, -0.1) is 0 Å². The van der Waals surface area contributed by atoms with Crippen molar-refractivity contribution in [1.29, 1.82) is 0 Å². The maximum absolute atomic E-state index is 13.5. The van der Waals surface area contributed by atoms with Crippen LogP contribution in [-0.2, 0) is 20.7 Å². The molecular weight excluding hydrogens is 603 g/mol. The summed E-state index contributed by atoms with van der Waals surface area (Å²) in [6.07, 6.45) is -13.6. The Balaban J connectivity index is 2.07. The van der Waals surface area contributed by atoms with Crippen LogP contribution in [-0.4, -0.2) is 84.2 Å². The maximum Gasteiger partial charge on any atom is 0.462 e. The van der Waals surface area contributed by atoms with Gasteiger partial charge in [-0.2, -0.15) is 30.7 Å². The van der Waals surface area contributed by atoms with Crippen LogP contribution in [0.2, 0.25) is 0 Å². The van der Waals surface area contributed by atoms with Crippen molar-refractivity contribution >= 4 is 23.4 Å². The Kier molecular flexibility index (Phi) is 12.1. The van der Waals surface area contributed by atoms with Crippen molar-refractivity contribution in [1.82, 2.24) is 4.90 Å². The van der Waals surface area contributed by atoms with Crippen LogP contribution in [0.1, 0.15) is 12.5 Å². The Bertz CT molecular complexity index is 1230. The molecule has 0 bridgehead atoms. The van der Waals surface area contributed by atoms with Gasteiger partial charge >= 0.3 is 30.2 Å². The van der Waals surface area contributed by atoms with Crippen LogP contribution >= 0.6 is 0 Å². The van der Waals surface area contributed by atoms with Gasteiger partial charge in [-0.05, 0) is 36.8 Å². The number of amides is 2. The number of halogens is 7. The van der Waals surface area contributed by atoms with E-state index in [1.54, 1.807) is 19.1 Å². The number of carbonyl (C=O) groups is 2. The second-order valence-electron chi connectivity index (χ2n) is 8.64. The first-order valence-electron chi connectivity index (χ1n) is 12.3. The first-order valence-corrected chi connectivity index (χ1v) is 12.3. The summed E-state index contributed by atoms with van der Waals surface area (Å²) in [5.74, 6) is -7.43. The lowest BCUT2D eigenvalue weighted by molar-refractivity contribution is -0.423. The van der Waals surface area contributed by atoms with Crippen LogP contribution in [0.4, 0.5) is 46.9 Å². The largest absolute Gasteiger partial charge is 0.492 e. The molecule has 2 aromatic carbocycles. The SMILES string of the molecule is CCOC(Cc1ccc(OCCN(CCOC(F)(F)C(F)(F)C(F)(F)F)C(=O)Nc2ccc([N+](=O)[O-])cc2)cc1)C(=O)O. The summed E-state index contributed by atoms with van der Waals surface area (Å²) >= 11 is 0. The molecule has 2 N–H and O–H groups in total. The minimum absolute atomic E-state index is 0.0127. The molecule has 1 unspecified atom stereocenters. The zero-order valence-electron chi connectivity index (χ0n) is 22.3. The Morgan fingerprint density at radius 2 is 1.56 bits per heavy atom. The van der Waals surface area contributed by atoms with Gasteiger partial charge in [-0.1, -0.05) is 12.1 Å². The van der Waals surface area contributed by atoms with E-state index in [1.165, 1.54) is 12.1 Å². The van der Waals surface area contributed by atoms with Crippen LogP contribution in [0.5, 0.6) is 5.75 Å². The number of anilines is 1. The molecule has 0 spiro atoms. The molecular formula is C25H26F7N3O8. The van der Waals surface area contributed by atoms with E-state index >= 15 is 0 Å². The third kappa shape index (κ3) is 9.95. The zero-order valence-corrected chi connectivity index (χ0v) is 22.3. The quantitative estimate of drug-likeness (QED) is 0.144. The van der Waals surface area contributed by atoms with Crippen molar-refractivity contribution in [2.75, 3.05) is 38.2 Å². The van der Waals surface area contributed by atoms with Crippen molar-refractivity contribution in [3.63, 3.8) is 0 Å². The molecule has 1 atom stereocenters. The summed E-state index contributed by atoms with van der Waals surface area (Å²) in [7, 11) is 0.